The minimum Gasteiger partial charge on any atom is -0.343 e. The number of imidazole rings is 1. The van der Waals surface area contributed by atoms with Gasteiger partial charge in [0.15, 0.2) is 0 Å². The van der Waals surface area contributed by atoms with E-state index in [1.165, 1.54) is 12.3 Å². The number of hydrogen-bond acceptors (Lipinski definition) is 4. The van der Waals surface area contributed by atoms with Crippen LogP contribution in [0.1, 0.15) is 28.3 Å². The summed E-state index contributed by atoms with van der Waals surface area (Å²) in [5.74, 6) is -0.0901. The average Bonchev–Trinajstić information content (AvgIpc) is 3.22. The van der Waals surface area contributed by atoms with Gasteiger partial charge in [0.2, 0.25) is 0 Å². The second-order valence-corrected chi connectivity index (χ2v) is 5.51. The smallest absolute Gasteiger partial charge is 0.343 e. The van der Waals surface area contributed by atoms with Gasteiger partial charge in [-0.1, -0.05) is 0 Å². The fourth-order valence-corrected chi connectivity index (χ4v) is 2.41. The van der Waals surface area contributed by atoms with Crippen LogP contribution in [0.25, 0.3) is 11.0 Å². The molecule has 134 valence electrons. The van der Waals surface area contributed by atoms with E-state index in [4.69, 9.17) is 5.26 Å². The first kappa shape index (κ1) is 17.5. The van der Waals surface area contributed by atoms with Gasteiger partial charge in [-0.3, -0.25) is 9.48 Å². The molecule has 0 unspecified atom stereocenters. The predicted octanol–water partition coefficient (Wildman–Crippen LogP) is 2.51. The average molecular weight is 362 g/mol. The molecule has 2 heterocycles. The number of aromatic amines is 1. The summed E-state index contributed by atoms with van der Waals surface area (Å²) in [5.41, 5.74) is 1.81. The third-order valence-electron chi connectivity index (χ3n) is 3.63. The van der Waals surface area contributed by atoms with Gasteiger partial charge in [0.05, 0.1) is 42.2 Å². The molecule has 0 aliphatic rings. The number of nitrogens with one attached hydrogen (secondary N) is 2. The number of carbonyl (C=O) groups is 1. The molecular weight excluding hydrogens is 349 g/mol. The molecule has 0 aliphatic carbocycles. The molecule has 2 aromatic heterocycles. The third kappa shape index (κ3) is 4.00. The fourth-order valence-electron chi connectivity index (χ4n) is 2.41. The number of halogens is 3. The Morgan fingerprint density at radius 2 is 2.15 bits per heavy atom. The molecule has 0 radical (unpaired) electrons. The second-order valence-electron chi connectivity index (χ2n) is 5.51. The molecule has 0 fully saturated rings. The van der Waals surface area contributed by atoms with Crippen molar-refractivity contribution in [3.05, 3.63) is 47.5 Å². The van der Waals surface area contributed by atoms with E-state index in [0.717, 1.165) is 4.68 Å². The molecule has 2 N–H and O–H groups in total. The molecule has 1 aromatic carbocycles. The van der Waals surface area contributed by atoms with Crippen LogP contribution in [0, 0.1) is 11.3 Å². The molecule has 10 heteroatoms. The highest BCUT2D eigenvalue weighted by Gasteiger charge is 2.27. The van der Waals surface area contributed by atoms with Crippen LogP contribution in [0.2, 0.25) is 0 Å². The number of rotatable bonds is 5. The summed E-state index contributed by atoms with van der Waals surface area (Å²) in [6, 6.07) is 8.32. The lowest BCUT2D eigenvalue weighted by Gasteiger charge is -2.09. The van der Waals surface area contributed by atoms with Crippen molar-refractivity contribution in [2.24, 2.45) is 0 Å². The minimum atomic E-state index is -4.32. The molecule has 7 nitrogen and oxygen atoms in total. The van der Waals surface area contributed by atoms with Crippen LogP contribution < -0.4 is 5.32 Å². The molecule has 26 heavy (non-hydrogen) atoms. The summed E-state index contributed by atoms with van der Waals surface area (Å²) >= 11 is 0. The number of H-pyrrole nitrogens is 1. The number of nitriles is 1. The molecule has 0 atom stereocenters. The third-order valence-corrected chi connectivity index (χ3v) is 3.63. The topological polar surface area (TPSA) is 99.4 Å². The lowest BCUT2D eigenvalue weighted by molar-refractivity contribution is -0.137. The molecule has 0 saturated carbocycles. The van der Waals surface area contributed by atoms with Crippen molar-refractivity contribution in [3.63, 3.8) is 0 Å². The summed E-state index contributed by atoms with van der Waals surface area (Å²) < 4.78 is 38.0. The Labute approximate surface area is 145 Å². The molecule has 3 rings (SSSR count). The number of carbonyl (C=O) groups excluding carboxylic acids is 1. The number of nitrogens with zero attached hydrogens (tertiary/aromatic N) is 4. The van der Waals surface area contributed by atoms with E-state index in [0.29, 0.717) is 22.4 Å². The van der Waals surface area contributed by atoms with Crippen LogP contribution in [0.15, 0.2) is 30.5 Å². The van der Waals surface area contributed by atoms with Crippen molar-refractivity contribution in [3.8, 4) is 6.07 Å². The summed E-state index contributed by atoms with van der Waals surface area (Å²) in [6.45, 7) is -0.374. The van der Waals surface area contributed by atoms with Gasteiger partial charge in [-0.25, -0.2) is 4.98 Å². The Kier molecular flexibility index (Phi) is 4.62. The van der Waals surface area contributed by atoms with Crippen molar-refractivity contribution in [1.82, 2.24) is 25.1 Å². The number of hydrogen-bond donors (Lipinski definition) is 2. The lowest BCUT2D eigenvalue weighted by atomic mass is 10.2. The van der Waals surface area contributed by atoms with E-state index >= 15 is 0 Å². The molecule has 0 saturated heterocycles. The highest BCUT2D eigenvalue weighted by molar-refractivity contribution is 5.92. The largest absolute Gasteiger partial charge is 0.390 e. The van der Waals surface area contributed by atoms with Crippen molar-refractivity contribution < 1.29 is 18.0 Å². The van der Waals surface area contributed by atoms with Gasteiger partial charge in [-0.2, -0.15) is 23.5 Å². The Hall–Kier alpha value is -3.35. The van der Waals surface area contributed by atoms with Gasteiger partial charge in [0.25, 0.3) is 5.91 Å². The maximum Gasteiger partial charge on any atom is 0.390 e. The minimum absolute atomic E-state index is 0.0390. The van der Waals surface area contributed by atoms with E-state index in [-0.39, 0.29) is 12.2 Å². The van der Waals surface area contributed by atoms with Crippen molar-refractivity contribution in [2.45, 2.75) is 25.7 Å². The maximum atomic E-state index is 12.3. The quantitative estimate of drug-likeness (QED) is 0.728. The summed E-state index contributed by atoms with van der Waals surface area (Å²) in [5, 5.41) is 15.2. The zero-order valence-corrected chi connectivity index (χ0v) is 13.3. The number of aromatic nitrogens is 4. The predicted molar refractivity (Wildman–Crippen MR) is 84.9 cm³/mol. The molecule has 3 aromatic rings. The molecular formula is C16H13F3N6O. The van der Waals surface area contributed by atoms with Crippen LogP contribution in [-0.2, 0) is 13.1 Å². The van der Waals surface area contributed by atoms with Crippen LogP contribution in [0.5, 0.6) is 0 Å². The number of benzene rings is 1. The Balaban J connectivity index is 1.66. The van der Waals surface area contributed by atoms with Gasteiger partial charge in [-0.05, 0) is 24.3 Å². The van der Waals surface area contributed by atoms with E-state index < -0.39 is 25.0 Å². The van der Waals surface area contributed by atoms with Gasteiger partial charge in [0.1, 0.15) is 11.5 Å². The molecule has 0 spiro atoms. The normalized spacial score (nSPS) is 11.5. The Bertz CT molecular complexity index is 982. The van der Waals surface area contributed by atoms with E-state index in [9.17, 15) is 18.0 Å². The monoisotopic (exact) mass is 362 g/mol. The van der Waals surface area contributed by atoms with Gasteiger partial charge in [-0.15, -0.1) is 0 Å². The van der Waals surface area contributed by atoms with E-state index in [1.54, 1.807) is 18.2 Å². The van der Waals surface area contributed by atoms with Gasteiger partial charge in [0, 0.05) is 6.20 Å². The highest BCUT2D eigenvalue weighted by atomic mass is 19.4. The number of alkyl halides is 3. The first-order valence-corrected chi connectivity index (χ1v) is 7.61. The number of amides is 1. The fraction of sp³-hybridized carbons (Fsp3) is 0.250. The van der Waals surface area contributed by atoms with Crippen LogP contribution in [-0.4, -0.2) is 31.8 Å². The number of aryl methyl sites for hydroxylation is 1. The van der Waals surface area contributed by atoms with Crippen LogP contribution in [0.4, 0.5) is 13.2 Å². The summed E-state index contributed by atoms with van der Waals surface area (Å²) in [4.78, 5) is 19.5. The summed E-state index contributed by atoms with van der Waals surface area (Å²) in [6.07, 6.45) is -4.12. The van der Waals surface area contributed by atoms with Gasteiger partial charge < -0.3 is 10.3 Å². The summed E-state index contributed by atoms with van der Waals surface area (Å²) in [7, 11) is 0. The van der Waals surface area contributed by atoms with Crippen molar-refractivity contribution in [1.29, 1.82) is 5.26 Å². The van der Waals surface area contributed by atoms with Gasteiger partial charge >= 0.3 is 6.18 Å². The van der Waals surface area contributed by atoms with Crippen molar-refractivity contribution in [2.75, 3.05) is 0 Å². The van der Waals surface area contributed by atoms with Crippen LogP contribution in [0.3, 0.4) is 0 Å². The first-order valence-electron chi connectivity index (χ1n) is 7.61. The molecule has 0 aliphatic heterocycles. The zero-order valence-electron chi connectivity index (χ0n) is 13.3. The Morgan fingerprint density at radius 3 is 2.88 bits per heavy atom. The van der Waals surface area contributed by atoms with E-state index in [2.05, 4.69) is 20.4 Å². The highest BCUT2D eigenvalue weighted by Crippen LogP contribution is 2.20. The second kappa shape index (κ2) is 6.87. The van der Waals surface area contributed by atoms with E-state index in [1.807, 2.05) is 6.07 Å². The number of fused-ring (bicyclic) bond motifs is 1. The molecule has 1 amide bonds. The van der Waals surface area contributed by atoms with Crippen molar-refractivity contribution >= 4 is 16.9 Å². The molecule has 0 bridgehead atoms. The first-order chi connectivity index (χ1) is 12.4. The standard InChI is InChI=1S/C16H13F3N6O/c17-16(18,19)4-6-25-13(3-5-22-25)15(26)21-9-14-23-11-2-1-10(8-20)7-12(11)24-14/h1-3,5,7H,4,6,9H2,(H,21,26)(H,23,24). The Morgan fingerprint density at radius 1 is 1.35 bits per heavy atom. The zero-order chi connectivity index (χ0) is 18.7. The SMILES string of the molecule is N#Cc1ccc2nc(CNC(=O)c3ccnn3CCC(F)(F)F)[nH]c2c1. The lowest BCUT2D eigenvalue weighted by Crippen LogP contribution is -2.27. The van der Waals surface area contributed by atoms with Crippen LogP contribution >= 0.6 is 0 Å². The maximum absolute atomic E-state index is 12.3.